The Balaban J connectivity index is 2.19. The van der Waals surface area contributed by atoms with Crippen molar-refractivity contribution in [3.8, 4) is 0 Å². The van der Waals surface area contributed by atoms with Gasteiger partial charge < -0.3 is 10.1 Å². The Morgan fingerprint density at radius 2 is 2.16 bits per heavy atom. The summed E-state index contributed by atoms with van der Waals surface area (Å²) in [7, 11) is 0. The molecule has 19 heavy (non-hydrogen) atoms. The zero-order valence-electron chi connectivity index (χ0n) is 12.2. The van der Waals surface area contributed by atoms with Gasteiger partial charge in [-0.1, -0.05) is 19.9 Å². The van der Waals surface area contributed by atoms with Crippen LogP contribution in [0.5, 0.6) is 0 Å². The van der Waals surface area contributed by atoms with E-state index in [2.05, 4.69) is 30.2 Å². The molecule has 1 aliphatic rings. The van der Waals surface area contributed by atoms with Gasteiger partial charge in [-0.15, -0.1) is 0 Å². The molecule has 3 heteroatoms. The van der Waals surface area contributed by atoms with Crippen LogP contribution in [0.3, 0.4) is 0 Å². The Morgan fingerprint density at radius 1 is 1.37 bits per heavy atom. The van der Waals surface area contributed by atoms with Gasteiger partial charge in [-0.25, -0.2) is 0 Å². The fraction of sp³-hybridized carbons (Fsp3) is 0.688. The van der Waals surface area contributed by atoms with E-state index < -0.39 is 0 Å². The van der Waals surface area contributed by atoms with E-state index in [4.69, 9.17) is 4.74 Å². The molecule has 1 saturated heterocycles. The highest BCUT2D eigenvalue weighted by Gasteiger charge is 2.27. The highest BCUT2D eigenvalue weighted by Crippen LogP contribution is 2.30. The number of rotatable bonds is 6. The van der Waals surface area contributed by atoms with Crippen molar-refractivity contribution in [2.24, 2.45) is 5.92 Å². The highest BCUT2D eigenvalue weighted by atomic mass is 16.5. The largest absolute Gasteiger partial charge is 0.381 e. The average molecular weight is 262 g/mol. The molecule has 0 radical (unpaired) electrons. The number of hydrogen-bond donors (Lipinski definition) is 1. The van der Waals surface area contributed by atoms with E-state index in [0.717, 1.165) is 45.4 Å². The maximum Gasteiger partial charge on any atom is 0.0607 e. The van der Waals surface area contributed by atoms with Gasteiger partial charge in [0.25, 0.3) is 0 Å². The molecular weight excluding hydrogens is 236 g/mol. The molecule has 0 saturated carbocycles. The molecule has 1 aromatic rings. The van der Waals surface area contributed by atoms with E-state index in [9.17, 15) is 0 Å². The van der Waals surface area contributed by atoms with Crippen LogP contribution < -0.4 is 5.32 Å². The van der Waals surface area contributed by atoms with E-state index in [1.807, 2.05) is 12.3 Å². The van der Waals surface area contributed by atoms with Gasteiger partial charge in [-0.2, -0.15) is 0 Å². The number of aryl methyl sites for hydroxylation is 1. The van der Waals surface area contributed by atoms with Crippen LogP contribution in [0.1, 0.15) is 50.4 Å². The summed E-state index contributed by atoms with van der Waals surface area (Å²) in [5.41, 5.74) is 2.63. The van der Waals surface area contributed by atoms with Crippen molar-refractivity contribution < 1.29 is 4.74 Å². The van der Waals surface area contributed by atoms with Crippen molar-refractivity contribution in [1.29, 1.82) is 0 Å². The minimum absolute atomic E-state index is 0.389. The predicted molar refractivity (Wildman–Crippen MR) is 78.2 cm³/mol. The lowest BCUT2D eigenvalue weighted by molar-refractivity contribution is 0.0529. The number of ether oxygens (including phenoxy) is 1. The van der Waals surface area contributed by atoms with Crippen LogP contribution in [-0.4, -0.2) is 24.7 Å². The number of pyridine rings is 1. The van der Waals surface area contributed by atoms with Gasteiger partial charge >= 0.3 is 0 Å². The second-order valence-corrected chi connectivity index (χ2v) is 5.28. The molecule has 1 aliphatic heterocycles. The molecular formula is C16H26N2O. The molecule has 0 bridgehead atoms. The first-order chi connectivity index (χ1) is 9.36. The lowest BCUT2D eigenvalue weighted by atomic mass is 9.87. The normalized spacial score (nSPS) is 18.4. The van der Waals surface area contributed by atoms with Gasteiger partial charge in [0.1, 0.15) is 0 Å². The van der Waals surface area contributed by atoms with E-state index in [0.29, 0.717) is 12.0 Å². The van der Waals surface area contributed by atoms with E-state index in [1.54, 1.807) is 0 Å². The summed E-state index contributed by atoms with van der Waals surface area (Å²) < 4.78 is 5.50. The molecule has 0 amide bonds. The van der Waals surface area contributed by atoms with Crippen molar-refractivity contribution in [3.63, 3.8) is 0 Å². The van der Waals surface area contributed by atoms with Gasteiger partial charge in [-0.3, -0.25) is 4.98 Å². The van der Waals surface area contributed by atoms with E-state index in [-0.39, 0.29) is 0 Å². The van der Waals surface area contributed by atoms with Gasteiger partial charge in [0.15, 0.2) is 0 Å². The summed E-state index contributed by atoms with van der Waals surface area (Å²) in [6, 6.07) is 4.64. The van der Waals surface area contributed by atoms with Crippen LogP contribution in [0.15, 0.2) is 18.3 Å². The first-order valence-electron chi connectivity index (χ1n) is 7.61. The van der Waals surface area contributed by atoms with Crippen LogP contribution >= 0.6 is 0 Å². The minimum atomic E-state index is 0.389. The molecule has 1 unspecified atom stereocenters. The third-order valence-corrected chi connectivity index (χ3v) is 3.95. The van der Waals surface area contributed by atoms with Crippen LogP contribution in [0.4, 0.5) is 0 Å². The molecule has 0 spiro atoms. The smallest absolute Gasteiger partial charge is 0.0607 e. The van der Waals surface area contributed by atoms with Gasteiger partial charge in [0.05, 0.1) is 11.7 Å². The number of nitrogens with zero attached hydrogens (tertiary/aromatic N) is 1. The minimum Gasteiger partial charge on any atom is -0.381 e. The van der Waals surface area contributed by atoms with Crippen molar-refractivity contribution in [2.75, 3.05) is 19.8 Å². The van der Waals surface area contributed by atoms with Crippen molar-refractivity contribution in [3.05, 3.63) is 29.6 Å². The summed E-state index contributed by atoms with van der Waals surface area (Å²) in [5.74, 6) is 0.653. The van der Waals surface area contributed by atoms with Crippen molar-refractivity contribution >= 4 is 0 Å². The average Bonchev–Trinajstić information content (AvgIpc) is 2.49. The summed E-state index contributed by atoms with van der Waals surface area (Å²) in [5, 5.41) is 3.71. The molecule has 106 valence electrons. The van der Waals surface area contributed by atoms with Crippen molar-refractivity contribution in [1.82, 2.24) is 10.3 Å². The first kappa shape index (κ1) is 14.5. The Bertz CT molecular complexity index is 375. The van der Waals surface area contributed by atoms with E-state index in [1.165, 1.54) is 11.3 Å². The molecule has 3 nitrogen and oxygen atoms in total. The zero-order valence-corrected chi connectivity index (χ0v) is 12.2. The molecule has 0 aliphatic carbocycles. The third kappa shape index (κ3) is 3.77. The molecule has 1 fully saturated rings. The fourth-order valence-corrected chi connectivity index (χ4v) is 2.87. The lowest BCUT2D eigenvalue weighted by Gasteiger charge is -2.31. The lowest BCUT2D eigenvalue weighted by Crippen LogP contribution is -2.33. The maximum absolute atomic E-state index is 5.50. The monoisotopic (exact) mass is 262 g/mol. The van der Waals surface area contributed by atoms with E-state index >= 15 is 0 Å². The zero-order chi connectivity index (χ0) is 13.5. The Morgan fingerprint density at radius 3 is 2.84 bits per heavy atom. The summed E-state index contributed by atoms with van der Waals surface area (Å²) in [6.07, 6.45) is 6.42. The molecule has 1 atom stereocenters. The molecule has 1 aromatic heterocycles. The van der Waals surface area contributed by atoms with Crippen LogP contribution in [0, 0.1) is 5.92 Å². The maximum atomic E-state index is 5.50. The second kappa shape index (κ2) is 7.61. The summed E-state index contributed by atoms with van der Waals surface area (Å²) >= 11 is 0. The van der Waals surface area contributed by atoms with Gasteiger partial charge in [0.2, 0.25) is 0 Å². The Kier molecular flexibility index (Phi) is 5.80. The summed E-state index contributed by atoms with van der Waals surface area (Å²) in [4.78, 5) is 4.67. The predicted octanol–water partition coefficient (Wildman–Crippen LogP) is 3.11. The third-order valence-electron chi connectivity index (χ3n) is 3.95. The van der Waals surface area contributed by atoms with Gasteiger partial charge in [0, 0.05) is 19.4 Å². The second-order valence-electron chi connectivity index (χ2n) is 5.28. The topological polar surface area (TPSA) is 34.2 Å². The molecule has 2 heterocycles. The molecule has 0 aromatic carbocycles. The SMILES string of the molecule is CCCNC(c1ncccc1CC)C1CCOCC1. The fourth-order valence-electron chi connectivity index (χ4n) is 2.87. The number of hydrogen-bond acceptors (Lipinski definition) is 3. The Hall–Kier alpha value is -0.930. The highest BCUT2D eigenvalue weighted by molar-refractivity contribution is 5.23. The Labute approximate surface area is 116 Å². The van der Waals surface area contributed by atoms with Crippen LogP contribution in [-0.2, 0) is 11.2 Å². The summed E-state index contributed by atoms with van der Waals surface area (Å²) in [6.45, 7) is 7.27. The molecule has 2 rings (SSSR count). The van der Waals surface area contributed by atoms with Crippen LogP contribution in [0.25, 0.3) is 0 Å². The van der Waals surface area contributed by atoms with Crippen LogP contribution in [0.2, 0.25) is 0 Å². The number of nitrogens with one attached hydrogen (secondary N) is 1. The number of aromatic nitrogens is 1. The standard InChI is InChI=1S/C16H26N2O/c1-3-9-17-16(14-7-11-19-12-8-14)15-13(4-2)6-5-10-18-15/h5-6,10,14,16-17H,3-4,7-9,11-12H2,1-2H3. The first-order valence-corrected chi connectivity index (χ1v) is 7.61. The quantitative estimate of drug-likeness (QED) is 0.855. The van der Waals surface area contributed by atoms with Gasteiger partial charge in [-0.05, 0) is 49.8 Å². The van der Waals surface area contributed by atoms with Crippen molar-refractivity contribution in [2.45, 2.75) is 45.6 Å². The molecule has 1 N–H and O–H groups in total.